The van der Waals surface area contributed by atoms with Crippen LogP contribution in [0.15, 0.2) is 0 Å². The quantitative estimate of drug-likeness (QED) is 0.575. The van der Waals surface area contributed by atoms with Crippen molar-refractivity contribution in [3.63, 3.8) is 0 Å². The van der Waals surface area contributed by atoms with E-state index in [4.69, 9.17) is 0 Å². The maximum Gasteiger partial charge on any atom is 0.209 e. The highest BCUT2D eigenvalue weighted by Gasteiger charge is 1.99. The molecule has 0 saturated heterocycles. The molecule has 0 radical (unpaired) electrons. The highest BCUT2D eigenvalue weighted by atomic mass is 16.1. The third-order valence-corrected chi connectivity index (χ3v) is 1.48. The minimum Gasteiger partial charge on any atom is -0.348 e. The second-order valence-corrected chi connectivity index (χ2v) is 2.56. The summed E-state index contributed by atoms with van der Waals surface area (Å²) in [6.45, 7) is 9.14. The van der Waals surface area contributed by atoms with Crippen molar-refractivity contribution >= 4 is 6.41 Å². The molecule has 0 aromatic carbocycles. The number of amides is 1. The van der Waals surface area contributed by atoms with Gasteiger partial charge in [-0.15, -0.1) is 0 Å². The Hall–Kier alpha value is -0.530. The fourth-order valence-corrected chi connectivity index (χ4v) is 0.664. The molecule has 1 unspecified atom stereocenters. The third-order valence-electron chi connectivity index (χ3n) is 1.48. The molecule has 0 heterocycles. The van der Waals surface area contributed by atoms with Crippen LogP contribution in [-0.4, -0.2) is 24.9 Å². The fourth-order valence-electron chi connectivity index (χ4n) is 0.664. The molecule has 0 spiro atoms. The zero-order valence-corrected chi connectivity index (χ0v) is 8.42. The molecule has 0 aromatic rings. The van der Waals surface area contributed by atoms with Gasteiger partial charge < -0.3 is 4.90 Å². The highest BCUT2D eigenvalue weighted by molar-refractivity contribution is 5.46. The minimum atomic E-state index is 0.625. The van der Waals surface area contributed by atoms with E-state index >= 15 is 0 Å². The van der Waals surface area contributed by atoms with Gasteiger partial charge in [-0.25, -0.2) is 0 Å². The molecule has 0 saturated carbocycles. The van der Waals surface area contributed by atoms with E-state index in [1.807, 2.05) is 13.8 Å². The molecule has 0 aliphatic rings. The van der Waals surface area contributed by atoms with Crippen LogP contribution in [0.1, 0.15) is 34.1 Å². The Labute approximate surface area is 70.6 Å². The lowest BCUT2D eigenvalue weighted by molar-refractivity contribution is -0.117. The normalized spacial score (nSPS) is 11.0. The average molecular weight is 159 g/mol. The zero-order chi connectivity index (χ0) is 9.28. The van der Waals surface area contributed by atoms with Gasteiger partial charge in [0.15, 0.2) is 0 Å². The van der Waals surface area contributed by atoms with Crippen molar-refractivity contribution in [3.05, 3.63) is 0 Å². The van der Waals surface area contributed by atoms with Crippen LogP contribution in [0.4, 0.5) is 0 Å². The van der Waals surface area contributed by atoms with E-state index in [0.717, 1.165) is 19.4 Å². The molecule has 2 nitrogen and oxygen atoms in total. The van der Waals surface area contributed by atoms with E-state index in [2.05, 4.69) is 13.8 Å². The van der Waals surface area contributed by atoms with Crippen LogP contribution in [0.2, 0.25) is 0 Å². The number of hydrogen-bond donors (Lipinski definition) is 0. The van der Waals surface area contributed by atoms with Gasteiger partial charge in [-0.05, 0) is 5.92 Å². The van der Waals surface area contributed by atoms with Gasteiger partial charge in [-0.2, -0.15) is 0 Å². The lowest BCUT2D eigenvalue weighted by Crippen LogP contribution is -2.22. The van der Waals surface area contributed by atoms with Crippen molar-refractivity contribution in [2.45, 2.75) is 34.1 Å². The molecule has 1 atom stereocenters. The standard InChI is InChI=1S/C7H15NO.C2H6/c1-4-7(2)5-8(3)6-9;1-2/h6-7H,4-5H2,1-3H3;1-2H3. The van der Waals surface area contributed by atoms with Crippen LogP contribution in [0.5, 0.6) is 0 Å². The Bertz CT molecular complexity index is 83.6. The topological polar surface area (TPSA) is 20.3 Å². The number of carbonyl (C=O) groups is 1. The first-order valence-electron chi connectivity index (χ1n) is 4.36. The fraction of sp³-hybridized carbons (Fsp3) is 0.889. The number of rotatable bonds is 4. The Balaban J connectivity index is 0. The van der Waals surface area contributed by atoms with Crippen molar-refractivity contribution in [2.24, 2.45) is 5.92 Å². The number of hydrogen-bond acceptors (Lipinski definition) is 1. The van der Waals surface area contributed by atoms with E-state index in [9.17, 15) is 4.79 Å². The summed E-state index contributed by atoms with van der Waals surface area (Å²) in [5.41, 5.74) is 0. The smallest absolute Gasteiger partial charge is 0.209 e. The molecule has 0 aromatic heterocycles. The van der Waals surface area contributed by atoms with E-state index in [0.29, 0.717) is 5.92 Å². The first-order valence-corrected chi connectivity index (χ1v) is 4.36. The van der Waals surface area contributed by atoms with Gasteiger partial charge in [-0.1, -0.05) is 34.1 Å². The van der Waals surface area contributed by atoms with Gasteiger partial charge in [0.1, 0.15) is 0 Å². The highest BCUT2D eigenvalue weighted by Crippen LogP contribution is 2.00. The molecule has 1 amide bonds. The van der Waals surface area contributed by atoms with Gasteiger partial charge in [0.05, 0.1) is 0 Å². The molecule has 0 bridgehead atoms. The summed E-state index contributed by atoms with van der Waals surface area (Å²) in [7, 11) is 1.80. The van der Waals surface area contributed by atoms with E-state index in [1.54, 1.807) is 11.9 Å². The van der Waals surface area contributed by atoms with Crippen molar-refractivity contribution in [1.29, 1.82) is 0 Å². The van der Waals surface area contributed by atoms with Crippen molar-refractivity contribution in [2.75, 3.05) is 13.6 Å². The lowest BCUT2D eigenvalue weighted by atomic mass is 10.1. The number of nitrogens with zero attached hydrogens (tertiary/aromatic N) is 1. The maximum absolute atomic E-state index is 10.1. The predicted molar refractivity (Wildman–Crippen MR) is 49.5 cm³/mol. The molecule has 0 aliphatic carbocycles. The van der Waals surface area contributed by atoms with Crippen molar-refractivity contribution in [3.8, 4) is 0 Å². The summed E-state index contributed by atoms with van der Waals surface area (Å²) in [4.78, 5) is 11.8. The molecular formula is C9H21NO. The zero-order valence-electron chi connectivity index (χ0n) is 8.42. The van der Waals surface area contributed by atoms with E-state index in [-0.39, 0.29) is 0 Å². The Morgan fingerprint density at radius 2 is 1.91 bits per heavy atom. The van der Waals surface area contributed by atoms with E-state index < -0.39 is 0 Å². The Morgan fingerprint density at radius 1 is 1.45 bits per heavy atom. The van der Waals surface area contributed by atoms with Crippen LogP contribution in [0.3, 0.4) is 0 Å². The van der Waals surface area contributed by atoms with Gasteiger partial charge in [0, 0.05) is 13.6 Å². The van der Waals surface area contributed by atoms with Crippen molar-refractivity contribution < 1.29 is 4.79 Å². The summed E-state index contributed by atoms with van der Waals surface area (Å²) in [6.07, 6.45) is 2.00. The van der Waals surface area contributed by atoms with Crippen LogP contribution < -0.4 is 0 Å². The van der Waals surface area contributed by atoms with Gasteiger partial charge in [0.2, 0.25) is 6.41 Å². The summed E-state index contributed by atoms with van der Waals surface area (Å²) in [6, 6.07) is 0. The monoisotopic (exact) mass is 159 g/mol. The second kappa shape index (κ2) is 9.47. The van der Waals surface area contributed by atoms with Crippen LogP contribution in [0, 0.1) is 5.92 Å². The van der Waals surface area contributed by atoms with Crippen molar-refractivity contribution in [1.82, 2.24) is 4.90 Å². The SMILES string of the molecule is CC.CCC(C)CN(C)C=O. The summed E-state index contributed by atoms with van der Waals surface area (Å²) in [5, 5.41) is 0. The van der Waals surface area contributed by atoms with Crippen LogP contribution >= 0.6 is 0 Å². The van der Waals surface area contributed by atoms with Gasteiger partial charge in [0.25, 0.3) is 0 Å². The molecule has 0 fully saturated rings. The number of carbonyl (C=O) groups excluding carboxylic acids is 1. The molecule has 11 heavy (non-hydrogen) atoms. The molecular weight excluding hydrogens is 138 g/mol. The molecule has 0 aliphatic heterocycles. The average Bonchev–Trinajstić information content (AvgIpc) is 2.07. The van der Waals surface area contributed by atoms with Crippen LogP contribution in [0.25, 0.3) is 0 Å². The largest absolute Gasteiger partial charge is 0.348 e. The van der Waals surface area contributed by atoms with Crippen LogP contribution in [-0.2, 0) is 4.79 Å². The summed E-state index contributed by atoms with van der Waals surface area (Å²) in [5.74, 6) is 0.625. The maximum atomic E-state index is 10.1. The van der Waals surface area contributed by atoms with Gasteiger partial charge >= 0.3 is 0 Å². The van der Waals surface area contributed by atoms with Gasteiger partial charge in [-0.3, -0.25) is 4.79 Å². The summed E-state index contributed by atoms with van der Waals surface area (Å²) < 4.78 is 0. The molecule has 68 valence electrons. The third kappa shape index (κ3) is 9.47. The Morgan fingerprint density at radius 3 is 2.18 bits per heavy atom. The Kier molecular flexibility index (Phi) is 11.3. The van der Waals surface area contributed by atoms with E-state index in [1.165, 1.54) is 0 Å². The molecule has 2 heteroatoms. The second-order valence-electron chi connectivity index (χ2n) is 2.56. The first kappa shape index (κ1) is 13.1. The molecule has 0 rings (SSSR count). The molecule has 0 N–H and O–H groups in total. The summed E-state index contributed by atoms with van der Waals surface area (Å²) >= 11 is 0. The minimum absolute atomic E-state index is 0.625. The predicted octanol–water partition coefficient (Wildman–Crippen LogP) is 2.15. The first-order chi connectivity index (χ1) is 5.20. The lowest BCUT2D eigenvalue weighted by Gasteiger charge is -2.14.